The van der Waals surface area contributed by atoms with Gasteiger partial charge in [0.05, 0.1) is 11.1 Å². The molecule has 100 valence electrons. The average molecular weight is 268 g/mol. The second-order valence-electron chi connectivity index (χ2n) is 4.19. The van der Waals surface area contributed by atoms with Crippen molar-refractivity contribution in [3.8, 4) is 0 Å². The molecule has 0 heterocycles. The monoisotopic (exact) mass is 268 g/mol. The van der Waals surface area contributed by atoms with Crippen molar-refractivity contribution in [1.29, 1.82) is 0 Å². The summed E-state index contributed by atoms with van der Waals surface area (Å²) < 4.78 is 0. The second kappa shape index (κ2) is 5.84. The molecule has 2 aromatic carbocycles. The first-order chi connectivity index (χ1) is 9.56. The molecule has 0 atom stereocenters. The zero-order chi connectivity index (χ0) is 14.5. The van der Waals surface area contributed by atoms with Crippen molar-refractivity contribution >= 4 is 24.1 Å². The van der Waals surface area contributed by atoms with Gasteiger partial charge in [-0.2, -0.15) is 0 Å². The third-order valence-electron chi connectivity index (χ3n) is 2.78. The van der Waals surface area contributed by atoms with Crippen LogP contribution in [0.2, 0.25) is 0 Å². The first-order valence-corrected chi connectivity index (χ1v) is 5.91. The highest BCUT2D eigenvalue weighted by atomic mass is 16.4. The summed E-state index contributed by atoms with van der Waals surface area (Å²) in [5.41, 5.74) is 2.23. The van der Waals surface area contributed by atoms with Gasteiger partial charge in [0.25, 0.3) is 0 Å². The molecule has 0 aliphatic heterocycles. The minimum Gasteiger partial charge on any atom is -0.478 e. The second-order valence-corrected chi connectivity index (χ2v) is 4.19. The van der Waals surface area contributed by atoms with E-state index < -0.39 is 11.9 Å². The predicted octanol–water partition coefficient (Wildman–Crippen LogP) is 3.25. The van der Waals surface area contributed by atoms with Gasteiger partial charge in [0, 0.05) is 0 Å². The van der Waals surface area contributed by atoms with Crippen molar-refractivity contribution in [3.63, 3.8) is 0 Å². The van der Waals surface area contributed by atoms with E-state index in [2.05, 4.69) is 0 Å². The molecule has 0 radical (unpaired) electrons. The summed E-state index contributed by atoms with van der Waals surface area (Å²) >= 11 is 0. The fourth-order valence-corrected chi connectivity index (χ4v) is 1.67. The van der Waals surface area contributed by atoms with Gasteiger partial charge in [-0.1, -0.05) is 36.4 Å². The number of carbonyl (C=O) groups is 2. The van der Waals surface area contributed by atoms with Gasteiger partial charge in [-0.25, -0.2) is 9.59 Å². The molecule has 4 heteroatoms. The number of hydrogen-bond donors (Lipinski definition) is 2. The van der Waals surface area contributed by atoms with Gasteiger partial charge in [0.15, 0.2) is 0 Å². The van der Waals surface area contributed by atoms with Crippen LogP contribution in [0.25, 0.3) is 12.2 Å². The summed E-state index contributed by atoms with van der Waals surface area (Å²) in [7, 11) is 0. The molecule has 0 bridgehead atoms. The predicted molar refractivity (Wildman–Crippen MR) is 75.7 cm³/mol. The van der Waals surface area contributed by atoms with Crippen LogP contribution in [0.1, 0.15) is 31.8 Å². The maximum Gasteiger partial charge on any atom is 0.335 e. The van der Waals surface area contributed by atoms with E-state index in [1.807, 2.05) is 12.2 Å². The largest absolute Gasteiger partial charge is 0.478 e. The lowest BCUT2D eigenvalue weighted by atomic mass is 10.1. The number of aromatic carboxylic acids is 2. The van der Waals surface area contributed by atoms with Crippen LogP contribution in [-0.4, -0.2) is 22.2 Å². The minimum atomic E-state index is -0.954. The number of carboxylic acids is 2. The van der Waals surface area contributed by atoms with E-state index in [1.54, 1.807) is 24.3 Å². The highest BCUT2D eigenvalue weighted by Crippen LogP contribution is 2.11. The Hall–Kier alpha value is -2.88. The maximum absolute atomic E-state index is 10.7. The van der Waals surface area contributed by atoms with Crippen LogP contribution in [0, 0.1) is 0 Å². The van der Waals surface area contributed by atoms with Crippen molar-refractivity contribution in [2.45, 2.75) is 0 Å². The Morgan fingerprint density at radius 3 is 1.20 bits per heavy atom. The quantitative estimate of drug-likeness (QED) is 0.835. The maximum atomic E-state index is 10.7. The van der Waals surface area contributed by atoms with Crippen LogP contribution in [-0.2, 0) is 0 Å². The van der Waals surface area contributed by atoms with E-state index in [-0.39, 0.29) is 11.1 Å². The van der Waals surface area contributed by atoms with Crippen molar-refractivity contribution in [3.05, 3.63) is 70.8 Å². The van der Waals surface area contributed by atoms with E-state index in [0.717, 1.165) is 11.1 Å². The van der Waals surface area contributed by atoms with Crippen LogP contribution in [0.5, 0.6) is 0 Å². The lowest BCUT2D eigenvalue weighted by molar-refractivity contribution is 0.0686. The van der Waals surface area contributed by atoms with E-state index in [0.29, 0.717) is 0 Å². The Morgan fingerprint density at radius 1 is 0.650 bits per heavy atom. The van der Waals surface area contributed by atoms with Crippen molar-refractivity contribution in [2.75, 3.05) is 0 Å². The molecule has 0 saturated heterocycles. The summed E-state index contributed by atoms with van der Waals surface area (Å²) in [6, 6.07) is 13.0. The molecule has 0 saturated carbocycles. The van der Waals surface area contributed by atoms with Crippen molar-refractivity contribution < 1.29 is 19.8 Å². The van der Waals surface area contributed by atoms with Gasteiger partial charge >= 0.3 is 11.9 Å². The fourth-order valence-electron chi connectivity index (χ4n) is 1.67. The molecule has 0 unspecified atom stereocenters. The summed E-state index contributed by atoms with van der Waals surface area (Å²) in [6.45, 7) is 0. The molecule has 20 heavy (non-hydrogen) atoms. The SMILES string of the molecule is O=C(O)c1ccc(/C=C/c2ccc(C(=O)O)cc2)cc1. The third kappa shape index (κ3) is 3.32. The molecule has 0 fully saturated rings. The number of benzene rings is 2. The molecule has 0 aliphatic rings. The Morgan fingerprint density at radius 2 is 0.950 bits per heavy atom. The summed E-state index contributed by atoms with van der Waals surface area (Å²) in [4.78, 5) is 21.4. The minimum absolute atomic E-state index is 0.243. The zero-order valence-corrected chi connectivity index (χ0v) is 10.5. The average Bonchev–Trinajstić information content (AvgIpc) is 2.46. The summed E-state index contributed by atoms with van der Waals surface area (Å²) in [5, 5.41) is 17.6. The normalized spacial score (nSPS) is 10.6. The highest BCUT2D eigenvalue weighted by molar-refractivity contribution is 5.88. The lowest BCUT2D eigenvalue weighted by Crippen LogP contribution is -1.95. The summed E-state index contributed by atoms with van der Waals surface area (Å²) in [6.07, 6.45) is 3.67. The van der Waals surface area contributed by atoms with Crippen LogP contribution in [0.3, 0.4) is 0 Å². The molecule has 0 amide bonds. The first-order valence-electron chi connectivity index (χ1n) is 5.91. The molecule has 2 rings (SSSR count). The molecule has 2 N–H and O–H groups in total. The van der Waals surface area contributed by atoms with Crippen LogP contribution < -0.4 is 0 Å². The molecule has 0 spiro atoms. The number of hydrogen-bond acceptors (Lipinski definition) is 2. The third-order valence-corrected chi connectivity index (χ3v) is 2.78. The Labute approximate surface area is 115 Å². The molecular formula is C16H12O4. The van der Waals surface area contributed by atoms with Crippen LogP contribution >= 0.6 is 0 Å². The zero-order valence-electron chi connectivity index (χ0n) is 10.5. The van der Waals surface area contributed by atoms with Crippen LogP contribution in [0.4, 0.5) is 0 Å². The van der Waals surface area contributed by atoms with E-state index in [1.165, 1.54) is 24.3 Å². The Bertz CT molecular complexity index is 592. The Kier molecular flexibility index (Phi) is 3.96. The molecular weight excluding hydrogens is 256 g/mol. The highest BCUT2D eigenvalue weighted by Gasteiger charge is 2.01. The standard InChI is InChI=1S/C16H12O4/c17-15(18)13-7-3-11(4-8-13)1-2-12-5-9-14(10-6-12)16(19)20/h1-10H,(H,17,18)(H,19,20)/b2-1+. The van der Waals surface area contributed by atoms with Crippen molar-refractivity contribution in [1.82, 2.24) is 0 Å². The van der Waals surface area contributed by atoms with Gasteiger partial charge in [0.1, 0.15) is 0 Å². The van der Waals surface area contributed by atoms with E-state index >= 15 is 0 Å². The van der Waals surface area contributed by atoms with Gasteiger partial charge < -0.3 is 10.2 Å². The van der Waals surface area contributed by atoms with Gasteiger partial charge in [-0.15, -0.1) is 0 Å². The van der Waals surface area contributed by atoms with Gasteiger partial charge in [-0.3, -0.25) is 0 Å². The van der Waals surface area contributed by atoms with Gasteiger partial charge in [0.2, 0.25) is 0 Å². The topological polar surface area (TPSA) is 74.6 Å². The molecule has 4 nitrogen and oxygen atoms in total. The lowest BCUT2D eigenvalue weighted by Gasteiger charge is -1.97. The molecule has 0 aromatic heterocycles. The number of rotatable bonds is 4. The van der Waals surface area contributed by atoms with E-state index in [4.69, 9.17) is 10.2 Å². The van der Waals surface area contributed by atoms with Crippen LogP contribution in [0.15, 0.2) is 48.5 Å². The van der Waals surface area contributed by atoms with E-state index in [9.17, 15) is 9.59 Å². The Balaban J connectivity index is 2.12. The summed E-state index contributed by atoms with van der Waals surface area (Å²) in [5.74, 6) is -1.91. The first kappa shape index (κ1) is 13.5. The number of carboxylic acid groups (broad SMARTS) is 2. The fraction of sp³-hybridized carbons (Fsp3) is 0. The van der Waals surface area contributed by atoms with Gasteiger partial charge in [-0.05, 0) is 35.4 Å². The molecule has 2 aromatic rings. The van der Waals surface area contributed by atoms with Crippen molar-refractivity contribution in [2.24, 2.45) is 0 Å². The smallest absolute Gasteiger partial charge is 0.335 e. The molecule has 0 aliphatic carbocycles.